The number of anilines is 1. The molecule has 0 atom stereocenters. The van der Waals surface area contributed by atoms with Crippen LogP contribution in [0.3, 0.4) is 0 Å². The molecule has 18 heavy (non-hydrogen) atoms. The molecule has 1 aliphatic rings. The molecule has 0 radical (unpaired) electrons. The van der Waals surface area contributed by atoms with Crippen LogP contribution >= 0.6 is 0 Å². The van der Waals surface area contributed by atoms with Crippen LogP contribution in [0, 0.1) is 6.92 Å². The van der Waals surface area contributed by atoms with Gasteiger partial charge in [0.1, 0.15) is 0 Å². The predicted octanol–water partition coefficient (Wildman–Crippen LogP) is 1.50. The smallest absolute Gasteiger partial charge is 0.228 e. The quantitative estimate of drug-likeness (QED) is 0.858. The van der Waals surface area contributed by atoms with Crippen molar-refractivity contribution in [3.05, 3.63) is 11.8 Å². The monoisotopic (exact) mass is 250 g/mol. The normalized spacial score (nSPS) is 17.4. The van der Waals surface area contributed by atoms with E-state index in [-0.39, 0.29) is 5.54 Å². The van der Waals surface area contributed by atoms with Gasteiger partial charge in [-0.05, 0) is 19.8 Å². The molecule has 0 amide bonds. The van der Waals surface area contributed by atoms with Gasteiger partial charge in [-0.15, -0.1) is 0 Å². The van der Waals surface area contributed by atoms with Crippen molar-refractivity contribution in [3.63, 3.8) is 0 Å². The molecule has 0 saturated carbocycles. The van der Waals surface area contributed by atoms with Gasteiger partial charge in [-0.1, -0.05) is 13.8 Å². The maximum absolute atomic E-state index is 6.16. The molecule has 1 saturated heterocycles. The fraction of sp³-hybridized carbons (Fsp3) is 0.692. The van der Waals surface area contributed by atoms with Crippen LogP contribution in [-0.4, -0.2) is 35.2 Å². The van der Waals surface area contributed by atoms with E-state index in [4.69, 9.17) is 10.5 Å². The van der Waals surface area contributed by atoms with Gasteiger partial charge in [0.15, 0.2) is 0 Å². The maximum atomic E-state index is 6.16. The summed E-state index contributed by atoms with van der Waals surface area (Å²) in [5, 5.41) is 0. The average molecular weight is 250 g/mol. The summed E-state index contributed by atoms with van der Waals surface area (Å²) in [5.74, 6) is 1.39. The Balaban J connectivity index is 2.07. The Bertz CT molecular complexity index is 415. The number of nitrogens with two attached hydrogens (primary N) is 1. The highest BCUT2D eigenvalue weighted by Crippen LogP contribution is 2.26. The van der Waals surface area contributed by atoms with E-state index < -0.39 is 0 Å². The molecule has 2 N–H and O–H groups in total. The fourth-order valence-electron chi connectivity index (χ4n) is 2.03. The Morgan fingerprint density at radius 2 is 2.11 bits per heavy atom. The zero-order chi connectivity index (χ0) is 13.2. The van der Waals surface area contributed by atoms with Crippen LogP contribution in [0.25, 0.3) is 0 Å². The molecular weight excluding hydrogens is 228 g/mol. The summed E-state index contributed by atoms with van der Waals surface area (Å²) in [4.78, 5) is 11.0. The van der Waals surface area contributed by atoms with Gasteiger partial charge >= 0.3 is 0 Å². The average Bonchev–Trinajstić information content (AvgIpc) is 2.31. The molecular formula is C13H22N4O. The Labute approximate surface area is 108 Å². The highest BCUT2D eigenvalue weighted by molar-refractivity contribution is 5.40. The van der Waals surface area contributed by atoms with Crippen LogP contribution in [0.15, 0.2) is 6.07 Å². The molecule has 0 unspecified atom stereocenters. The first kappa shape index (κ1) is 13.1. The van der Waals surface area contributed by atoms with Crippen molar-refractivity contribution in [3.8, 4) is 5.88 Å². The third-order valence-corrected chi connectivity index (χ3v) is 3.27. The van der Waals surface area contributed by atoms with E-state index in [1.54, 1.807) is 0 Å². The van der Waals surface area contributed by atoms with Gasteiger partial charge in [0.05, 0.1) is 12.1 Å². The van der Waals surface area contributed by atoms with E-state index in [1.807, 2.05) is 13.0 Å². The van der Waals surface area contributed by atoms with Gasteiger partial charge in [-0.3, -0.25) is 0 Å². The fourth-order valence-corrected chi connectivity index (χ4v) is 2.03. The third kappa shape index (κ3) is 2.72. The predicted molar refractivity (Wildman–Crippen MR) is 72.0 cm³/mol. The van der Waals surface area contributed by atoms with Gasteiger partial charge in [-0.25, -0.2) is 4.98 Å². The van der Waals surface area contributed by atoms with Gasteiger partial charge in [0.25, 0.3) is 0 Å². The van der Waals surface area contributed by atoms with E-state index in [1.165, 1.54) is 0 Å². The second-order valence-corrected chi connectivity index (χ2v) is 5.07. The second-order valence-electron chi connectivity index (χ2n) is 5.07. The molecule has 1 aliphatic heterocycles. The van der Waals surface area contributed by atoms with E-state index >= 15 is 0 Å². The van der Waals surface area contributed by atoms with Crippen molar-refractivity contribution in [2.24, 2.45) is 5.73 Å². The molecule has 100 valence electrons. The SMILES string of the molecule is CCCOc1cc(C)nc(N2CC(N)(CC)C2)n1. The highest BCUT2D eigenvalue weighted by Gasteiger charge is 2.39. The summed E-state index contributed by atoms with van der Waals surface area (Å²) in [6.45, 7) is 8.48. The first-order chi connectivity index (χ1) is 8.56. The minimum absolute atomic E-state index is 0.0719. The number of hydrogen-bond acceptors (Lipinski definition) is 5. The minimum atomic E-state index is -0.0719. The summed E-state index contributed by atoms with van der Waals surface area (Å²) in [7, 11) is 0. The maximum Gasteiger partial charge on any atom is 0.228 e. The van der Waals surface area contributed by atoms with Crippen molar-refractivity contribution in [1.82, 2.24) is 9.97 Å². The zero-order valence-electron chi connectivity index (χ0n) is 11.4. The lowest BCUT2D eigenvalue weighted by atomic mass is 9.89. The van der Waals surface area contributed by atoms with Crippen LogP contribution in [0.1, 0.15) is 32.4 Å². The Kier molecular flexibility index (Phi) is 3.71. The van der Waals surface area contributed by atoms with E-state index in [0.717, 1.165) is 37.6 Å². The molecule has 1 aromatic heterocycles. The van der Waals surface area contributed by atoms with Crippen molar-refractivity contribution in [2.45, 2.75) is 39.2 Å². The van der Waals surface area contributed by atoms with Crippen LogP contribution in [0.4, 0.5) is 5.95 Å². The van der Waals surface area contributed by atoms with Crippen LogP contribution in [0.5, 0.6) is 5.88 Å². The summed E-state index contributed by atoms with van der Waals surface area (Å²) < 4.78 is 5.56. The molecule has 5 nitrogen and oxygen atoms in total. The summed E-state index contributed by atoms with van der Waals surface area (Å²) in [6.07, 6.45) is 1.96. The minimum Gasteiger partial charge on any atom is -0.478 e. The van der Waals surface area contributed by atoms with Crippen LogP contribution < -0.4 is 15.4 Å². The zero-order valence-corrected chi connectivity index (χ0v) is 11.4. The molecule has 0 spiro atoms. The molecule has 0 aromatic carbocycles. The second kappa shape index (κ2) is 5.10. The topological polar surface area (TPSA) is 64.3 Å². The molecule has 2 rings (SSSR count). The lowest BCUT2D eigenvalue weighted by Crippen LogP contribution is -2.67. The Hall–Kier alpha value is -1.36. The standard InChI is InChI=1S/C13H22N4O/c1-4-6-18-11-7-10(3)15-12(16-11)17-8-13(14,5-2)9-17/h7H,4-6,8-9,14H2,1-3H3. The molecule has 1 aromatic rings. The lowest BCUT2D eigenvalue weighted by molar-refractivity contribution is 0.297. The van der Waals surface area contributed by atoms with Crippen LogP contribution in [-0.2, 0) is 0 Å². The highest BCUT2D eigenvalue weighted by atomic mass is 16.5. The summed E-state index contributed by atoms with van der Waals surface area (Å²) in [6, 6.07) is 1.87. The van der Waals surface area contributed by atoms with Crippen LogP contribution in [0.2, 0.25) is 0 Å². The van der Waals surface area contributed by atoms with Gasteiger partial charge in [0.2, 0.25) is 11.8 Å². The molecule has 0 aliphatic carbocycles. The number of aryl methyl sites for hydroxylation is 1. The Morgan fingerprint density at radius 3 is 2.72 bits per heavy atom. The summed E-state index contributed by atoms with van der Waals surface area (Å²) in [5.41, 5.74) is 7.01. The first-order valence-electron chi connectivity index (χ1n) is 6.58. The number of ether oxygens (including phenoxy) is 1. The van der Waals surface area contributed by atoms with Gasteiger partial charge in [0, 0.05) is 24.8 Å². The summed E-state index contributed by atoms with van der Waals surface area (Å²) >= 11 is 0. The van der Waals surface area contributed by atoms with E-state index in [0.29, 0.717) is 12.5 Å². The van der Waals surface area contributed by atoms with Crippen molar-refractivity contribution < 1.29 is 4.74 Å². The number of hydrogen-bond donors (Lipinski definition) is 1. The number of nitrogens with zero attached hydrogens (tertiary/aromatic N) is 3. The molecule has 0 bridgehead atoms. The van der Waals surface area contributed by atoms with Gasteiger partial charge < -0.3 is 15.4 Å². The largest absolute Gasteiger partial charge is 0.478 e. The molecule has 5 heteroatoms. The lowest BCUT2D eigenvalue weighted by Gasteiger charge is -2.47. The van der Waals surface area contributed by atoms with Crippen molar-refractivity contribution in [2.75, 3.05) is 24.6 Å². The number of rotatable bonds is 5. The third-order valence-electron chi connectivity index (χ3n) is 3.27. The van der Waals surface area contributed by atoms with E-state index in [2.05, 4.69) is 28.7 Å². The molecule has 2 heterocycles. The van der Waals surface area contributed by atoms with Crippen molar-refractivity contribution in [1.29, 1.82) is 0 Å². The van der Waals surface area contributed by atoms with Crippen molar-refractivity contribution >= 4 is 5.95 Å². The first-order valence-corrected chi connectivity index (χ1v) is 6.58. The molecule has 1 fully saturated rings. The Morgan fingerprint density at radius 1 is 1.39 bits per heavy atom. The van der Waals surface area contributed by atoms with Gasteiger partial charge in [-0.2, -0.15) is 4.98 Å². The number of aromatic nitrogens is 2. The van der Waals surface area contributed by atoms with E-state index in [9.17, 15) is 0 Å².